The lowest BCUT2D eigenvalue weighted by molar-refractivity contribution is -0.138. The number of likely N-dealkylation sites (tertiary alicyclic amines) is 1. The summed E-state index contributed by atoms with van der Waals surface area (Å²) in [5.74, 6) is -1.93. The zero-order valence-electron chi connectivity index (χ0n) is 27.3. The standard InChI is InChI=1S/C33H31BrCl2N6O8/c1-16-6-5-7-18(26(16)43)25-17-8-11-41-30(47)39(10-9-19-27(44)38(2)21-13-24(50-4)23(49-3)12-20(21)37-19)31(48)42(41)22(17)14-32(35)28(45)40(15-34)29(46)33(25,32)36/h5-8,12-13,22,25,43H,9-11,14-15H2,1-4H3/t22-,25-,32-,33+/m1/s1. The van der Waals surface area contributed by atoms with Crippen LogP contribution in [-0.4, -0.2) is 74.7 Å². The van der Waals surface area contributed by atoms with Crippen LogP contribution in [0.25, 0.3) is 11.0 Å². The van der Waals surface area contributed by atoms with Crippen molar-refractivity contribution in [3.8, 4) is 17.2 Å². The van der Waals surface area contributed by atoms with E-state index >= 15 is 0 Å². The van der Waals surface area contributed by atoms with E-state index in [-0.39, 0.29) is 48.4 Å². The zero-order chi connectivity index (χ0) is 36.0. The fourth-order valence-electron chi connectivity index (χ4n) is 7.60. The lowest BCUT2D eigenvalue weighted by Gasteiger charge is -2.49. The number of hydrogen-bond acceptors (Lipinski definition) is 9. The Labute approximate surface area is 302 Å². The molecule has 2 aliphatic heterocycles. The normalized spacial score (nSPS) is 24.2. The van der Waals surface area contributed by atoms with Gasteiger partial charge in [-0.25, -0.2) is 28.5 Å². The maximum Gasteiger partial charge on any atom is 0.347 e. The molecule has 2 aromatic heterocycles. The Kier molecular flexibility index (Phi) is 8.11. The van der Waals surface area contributed by atoms with Crippen LogP contribution in [0.1, 0.15) is 35.2 Å². The number of carbonyl (C=O) groups excluding carboxylic acids is 2. The number of imide groups is 1. The highest BCUT2D eigenvalue weighted by Gasteiger charge is 2.75. The van der Waals surface area contributed by atoms with Gasteiger partial charge >= 0.3 is 11.4 Å². The molecule has 1 saturated heterocycles. The molecule has 4 atom stereocenters. The average Bonchev–Trinajstić information content (AvgIpc) is 3.43. The van der Waals surface area contributed by atoms with Crippen LogP contribution in [0.5, 0.6) is 17.2 Å². The van der Waals surface area contributed by atoms with E-state index in [1.807, 2.05) is 0 Å². The second-order valence-electron chi connectivity index (χ2n) is 12.6. The average molecular weight is 790 g/mol. The molecule has 3 aliphatic rings. The molecule has 0 radical (unpaired) electrons. The Morgan fingerprint density at radius 2 is 1.74 bits per heavy atom. The number of amides is 2. The van der Waals surface area contributed by atoms with Crippen LogP contribution in [0.2, 0.25) is 0 Å². The van der Waals surface area contributed by atoms with Crippen LogP contribution < -0.4 is 26.4 Å². The first-order chi connectivity index (χ1) is 23.7. The molecule has 50 heavy (non-hydrogen) atoms. The molecular formula is C33H31BrCl2N6O8. The number of aromatic hydroxyl groups is 1. The predicted molar refractivity (Wildman–Crippen MR) is 187 cm³/mol. The quantitative estimate of drug-likeness (QED) is 0.129. The topological polar surface area (TPSA) is 160 Å². The van der Waals surface area contributed by atoms with Gasteiger partial charge in [0.25, 0.3) is 17.4 Å². The summed E-state index contributed by atoms with van der Waals surface area (Å²) in [6.07, 6.45) is 1.35. The molecule has 1 aliphatic carbocycles. The summed E-state index contributed by atoms with van der Waals surface area (Å²) in [6, 6.07) is 7.27. The molecule has 2 amide bonds. The number of para-hydroxylation sites is 1. The van der Waals surface area contributed by atoms with E-state index in [1.165, 1.54) is 28.2 Å². The molecule has 0 bridgehead atoms. The van der Waals surface area contributed by atoms with Crippen molar-refractivity contribution in [2.75, 3.05) is 19.7 Å². The van der Waals surface area contributed by atoms with Gasteiger partial charge in [0, 0.05) is 50.0 Å². The number of nitrogens with zero attached hydrogens (tertiary/aromatic N) is 6. The highest BCUT2D eigenvalue weighted by molar-refractivity contribution is 9.09. The molecular weight excluding hydrogens is 759 g/mol. The van der Waals surface area contributed by atoms with Gasteiger partial charge in [0.2, 0.25) is 0 Å². The number of fused-ring (bicyclic) bond motifs is 5. The number of halogens is 3. The number of alkyl halides is 3. The zero-order valence-corrected chi connectivity index (χ0v) is 30.4. The molecule has 2 fully saturated rings. The number of benzene rings is 2. The number of phenolic OH excluding ortho intramolecular Hbond substituents is 1. The Balaban J connectivity index is 1.32. The maximum atomic E-state index is 14.2. The number of ether oxygens (including phenoxy) is 2. The van der Waals surface area contributed by atoms with Gasteiger partial charge in [-0.1, -0.05) is 40.2 Å². The molecule has 14 nitrogen and oxygen atoms in total. The summed E-state index contributed by atoms with van der Waals surface area (Å²) in [7, 11) is 4.55. The Hall–Kier alpha value is -4.34. The first-order valence-electron chi connectivity index (χ1n) is 15.6. The number of aromatic nitrogens is 5. The number of rotatable bonds is 7. The van der Waals surface area contributed by atoms with Crippen molar-refractivity contribution in [3.63, 3.8) is 0 Å². The third-order valence-corrected chi connectivity index (χ3v) is 12.1. The van der Waals surface area contributed by atoms with Crippen molar-refractivity contribution >= 4 is 62.0 Å². The molecule has 262 valence electrons. The van der Waals surface area contributed by atoms with Crippen molar-refractivity contribution < 1.29 is 24.2 Å². The number of phenols is 1. The van der Waals surface area contributed by atoms with Crippen molar-refractivity contribution in [3.05, 3.63) is 90.1 Å². The minimum Gasteiger partial charge on any atom is -0.507 e. The smallest absolute Gasteiger partial charge is 0.347 e. The van der Waals surface area contributed by atoms with Crippen molar-refractivity contribution in [2.24, 2.45) is 7.05 Å². The molecule has 0 unspecified atom stereocenters. The SMILES string of the molecule is COc1cc2nc(CCn3c(=O)n4n(c3=O)[C@@H]3C[C@@]5(Cl)C(=O)N(CBr)C(=O)[C@@]5(Cl)[C@@H](c5cccc(C)c5O)C3=CC4)c(=O)n(C)c2cc1OC. The summed E-state index contributed by atoms with van der Waals surface area (Å²) in [6.45, 7) is 1.43. The first-order valence-corrected chi connectivity index (χ1v) is 17.4. The van der Waals surface area contributed by atoms with Gasteiger partial charge in [-0.05, 0) is 18.1 Å². The van der Waals surface area contributed by atoms with E-state index in [1.54, 1.807) is 50.4 Å². The first kappa shape index (κ1) is 34.1. The van der Waals surface area contributed by atoms with E-state index < -0.39 is 50.5 Å². The van der Waals surface area contributed by atoms with Gasteiger partial charge in [-0.3, -0.25) is 19.3 Å². The third kappa shape index (κ3) is 4.45. The minimum absolute atomic E-state index is 0.0572. The van der Waals surface area contributed by atoms with Gasteiger partial charge in [0.1, 0.15) is 11.4 Å². The second kappa shape index (κ2) is 11.9. The number of aryl methyl sites for hydroxylation is 3. The Morgan fingerprint density at radius 3 is 2.42 bits per heavy atom. The van der Waals surface area contributed by atoms with Crippen LogP contribution in [0.15, 0.2) is 56.4 Å². The third-order valence-electron chi connectivity index (χ3n) is 10.2. The summed E-state index contributed by atoms with van der Waals surface area (Å²) in [5.41, 5.74) is 0.351. The Bertz CT molecular complexity index is 2360. The maximum absolute atomic E-state index is 14.2. The fourth-order valence-corrected chi connectivity index (χ4v) is 9.00. The van der Waals surface area contributed by atoms with Crippen LogP contribution >= 0.6 is 39.1 Å². The van der Waals surface area contributed by atoms with Gasteiger partial charge < -0.3 is 19.1 Å². The molecule has 17 heteroatoms. The lowest BCUT2D eigenvalue weighted by Crippen LogP contribution is -2.59. The highest BCUT2D eigenvalue weighted by atomic mass is 79.9. The van der Waals surface area contributed by atoms with E-state index in [9.17, 15) is 29.1 Å². The van der Waals surface area contributed by atoms with Gasteiger partial charge in [-0.2, -0.15) is 0 Å². The van der Waals surface area contributed by atoms with Crippen LogP contribution in [0, 0.1) is 6.92 Å². The minimum atomic E-state index is -2.06. The van der Waals surface area contributed by atoms with Crippen LogP contribution in [0.3, 0.4) is 0 Å². The van der Waals surface area contributed by atoms with Crippen LogP contribution in [0.4, 0.5) is 0 Å². The van der Waals surface area contributed by atoms with E-state index in [4.69, 9.17) is 32.7 Å². The van der Waals surface area contributed by atoms with Crippen molar-refractivity contribution in [1.29, 1.82) is 0 Å². The van der Waals surface area contributed by atoms with Crippen molar-refractivity contribution in [1.82, 2.24) is 28.4 Å². The van der Waals surface area contributed by atoms with E-state index in [0.29, 0.717) is 33.7 Å². The number of methoxy groups -OCH3 is 2. The largest absolute Gasteiger partial charge is 0.507 e. The van der Waals surface area contributed by atoms with Crippen LogP contribution in [-0.2, 0) is 36.1 Å². The molecule has 1 N–H and O–H groups in total. The lowest BCUT2D eigenvalue weighted by atomic mass is 9.64. The summed E-state index contributed by atoms with van der Waals surface area (Å²) in [5, 5.41) is 11.3. The molecule has 2 aromatic carbocycles. The van der Waals surface area contributed by atoms with Gasteiger partial charge in [0.15, 0.2) is 21.2 Å². The fraction of sp³-hybridized carbons (Fsp3) is 0.394. The summed E-state index contributed by atoms with van der Waals surface area (Å²) in [4.78, 5) is 70.4. The second-order valence-corrected chi connectivity index (χ2v) is 14.3. The highest BCUT2D eigenvalue weighted by Crippen LogP contribution is 2.64. The molecule has 7 rings (SSSR count). The molecule has 0 spiro atoms. The predicted octanol–water partition coefficient (Wildman–Crippen LogP) is 2.68. The van der Waals surface area contributed by atoms with E-state index in [0.717, 1.165) is 9.47 Å². The van der Waals surface area contributed by atoms with E-state index in [2.05, 4.69) is 20.9 Å². The molecule has 1 saturated carbocycles. The van der Waals surface area contributed by atoms with Crippen molar-refractivity contribution in [2.45, 2.75) is 54.6 Å². The molecule has 4 aromatic rings. The number of carbonyl (C=O) groups is 2. The Morgan fingerprint density at radius 1 is 1.04 bits per heavy atom. The van der Waals surface area contributed by atoms with Gasteiger partial charge in [-0.15, -0.1) is 23.2 Å². The number of hydrogen-bond donors (Lipinski definition) is 1. The molecule has 4 heterocycles. The monoisotopic (exact) mass is 788 g/mol. The summed E-state index contributed by atoms with van der Waals surface area (Å²) >= 11 is 17.6. The summed E-state index contributed by atoms with van der Waals surface area (Å²) < 4.78 is 15.6. The number of allylic oxidation sites excluding steroid dienone is 2. The van der Waals surface area contributed by atoms with Gasteiger partial charge in [0.05, 0.1) is 43.3 Å².